The molecule has 2 rings (SSSR count). The molecule has 1 aromatic rings. The van der Waals surface area contributed by atoms with Gasteiger partial charge in [0.1, 0.15) is 0 Å². The number of rotatable bonds is 5. The summed E-state index contributed by atoms with van der Waals surface area (Å²) in [6, 6.07) is 6.80. The van der Waals surface area contributed by atoms with Crippen LogP contribution in [0.4, 0.5) is 5.69 Å². The zero-order valence-electron chi connectivity index (χ0n) is 12.0. The van der Waals surface area contributed by atoms with Gasteiger partial charge < -0.3 is 5.11 Å². The molecule has 1 saturated carbocycles. The first-order chi connectivity index (χ1) is 9.60. The van der Waals surface area contributed by atoms with Gasteiger partial charge in [-0.3, -0.25) is 10.1 Å². The molecule has 0 bridgehead atoms. The van der Waals surface area contributed by atoms with Crippen LogP contribution in [0.2, 0.25) is 0 Å². The molecule has 4 heteroatoms. The topological polar surface area (TPSA) is 63.4 Å². The summed E-state index contributed by atoms with van der Waals surface area (Å²) in [5, 5.41) is 21.0. The molecule has 0 spiro atoms. The second kappa shape index (κ2) is 6.84. The SMILES string of the molecule is CCCC1CCC(O)C(Cc2cccc([N+](=O)[O-])c2)C1. The van der Waals surface area contributed by atoms with Gasteiger partial charge in [0.15, 0.2) is 0 Å². The van der Waals surface area contributed by atoms with Crippen molar-refractivity contribution in [3.05, 3.63) is 39.9 Å². The van der Waals surface area contributed by atoms with Crippen molar-refractivity contribution in [2.45, 2.75) is 51.6 Å². The average Bonchev–Trinajstić information content (AvgIpc) is 2.43. The molecule has 0 heterocycles. The maximum absolute atomic E-state index is 10.8. The molecule has 3 unspecified atom stereocenters. The Kier molecular flexibility index (Phi) is 5.12. The number of nitrogens with zero attached hydrogens (tertiary/aromatic N) is 1. The summed E-state index contributed by atoms with van der Waals surface area (Å²) in [6.07, 6.45) is 5.90. The summed E-state index contributed by atoms with van der Waals surface area (Å²) < 4.78 is 0. The van der Waals surface area contributed by atoms with E-state index in [1.165, 1.54) is 18.9 Å². The first-order valence-electron chi connectivity index (χ1n) is 7.51. The molecule has 3 atom stereocenters. The van der Waals surface area contributed by atoms with Crippen LogP contribution in [0.15, 0.2) is 24.3 Å². The van der Waals surface area contributed by atoms with Crippen LogP contribution in [0, 0.1) is 22.0 Å². The van der Waals surface area contributed by atoms with E-state index in [0.29, 0.717) is 5.92 Å². The molecule has 1 aliphatic carbocycles. The summed E-state index contributed by atoms with van der Waals surface area (Å²) in [4.78, 5) is 10.4. The lowest BCUT2D eigenvalue weighted by atomic mass is 9.75. The van der Waals surface area contributed by atoms with E-state index in [4.69, 9.17) is 0 Å². The fraction of sp³-hybridized carbons (Fsp3) is 0.625. The van der Waals surface area contributed by atoms with Gasteiger partial charge in [-0.25, -0.2) is 0 Å². The van der Waals surface area contributed by atoms with E-state index in [0.717, 1.165) is 31.2 Å². The molecule has 110 valence electrons. The summed E-state index contributed by atoms with van der Waals surface area (Å²) in [5.41, 5.74) is 1.10. The normalized spacial score (nSPS) is 26.4. The van der Waals surface area contributed by atoms with Gasteiger partial charge in [0, 0.05) is 12.1 Å². The second-order valence-corrected chi connectivity index (χ2v) is 5.93. The van der Waals surface area contributed by atoms with E-state index in [1.807, 2.05) is 6.07 Å². The van der Waals surface area contributed by atoms with Gasteiger partial charge >= 0.3 is 0 Å². The van der Waals surface area contributed by atoms with E-state index in [9.17, 15) is 15.2 Å². The second-order valence-electron chi connectivity index (χ2n) is 5.93. The van der Waals surface area contributed by atoms with Gasteiger partial charge in [-0.15, -0.1) is 0 Å². The summed E-state index contributed by atoms with van der Waals surface area (Å²) in [5.74, 6) is 0.939. The molecule has 1 aromatic carbocycles. The van der Waals surface area contributed by atoms with Crippen LogP contribution >= 0.6 is 0 Å². The van der Waals surface area contributed by atoms with Crippen molar-refractivity contribution in [1.82, 2.24) is 0 Å². The number of hydrogen-bond acceptors (Lipinski definition) is 3. The van der Waals surface area contributed by atoms with E-state index in [2.05, 4.69) is 6.92 Å². The van der Waals surface area contributed by atoms with E-state index < -0.39 is 0 Å². The first-order valence-corrected chi connectivity index (χ1v) is 7.51. The largest absolute Gasteiger partial charge is 0.393 e. The smallest absolute Gasteiger partial charge is 0.269 e. The lowest BCUT2D eigenvalue weighted by Crippen LogP contribution is -2.30. The molecule has 4 nitrogen and oxygen atoms in total. The Morgan fingerprint density at radius 2 is 2.20 bits per heavy atom. The number of nitro benzene ring substituents is 1. The van der Waals surface area contributed by atoms with Crippen molar-refractivity contribution in [3.63, 3.8) is 0 Å². The lowest BCUT2D eigenvalue weighted by Gasteiger charge is -2.33. The maximum Gasteiger partial charge on any atom is 0.269 e. The molecule has 0 amide bonds. The highest BCUT2D eigenvalue weighted by Crippen LogP contribution is 2.34. The van der Waals surface area contributed by atoms with Crippen LogP contribution in [-0.4, -0.2) is 16.1 Å². The fourth-order valence-electron chi connectivity index (χ4n) is 3.33. The Bertz CT molecular complexity index is 461. The highest BCUT2D eigenvalue weighted by Gasteiger charge is 2.28. The van der Waals surface area contributed by atoms with Crippen molar-refractivity contribution in [2.24, 2.45) is 11.8 Å². The van der Waals surface area contributed by atoms with Crippen LogP contribution in [0.1, 0.15) is 44.6 Å². The van der Waals surface area contributed by atoms with Crippen molar-refractivity contribution in [1.29, 1.82) is 0 Å². The highest BCUT2D eigenvalue weighted by molar-refractivity contribution is 5.34. The highest BCUT2D eigenvalue weighted by atomic mass is 16.6. The van der Waals surface area contributed by atoms with Crippen LogP contribution in [0.3, 0.4) is 0 Å². The Labute approximate surface area is 120 Å². The molecule has 0 aliphatic heterocycles. The quantitative estimate of drug-likeness (QED) is 0.659. The first kappa shape index (κ1) is 15.0. The number of nitro groups is 1. The fourth-order valence-corrected chi connectivity index (χ4v) is 3.33. The number of hydrogen-bond donors (Lipinski definition) is 1. The number of aliphatic hydroxyl groups excluding tert-OH is 1. The van der Waals surface area contributed by atoms with Crippen molar-refractivity contribution >= 4 is 5.69 Å². The van der Waals surface area contributed by atoms with Gasteiger partial charge in [-0.1, -0.05) is 31.9 Å². The van der Waals surface area contributed by atoms with Crippen LogP contribution in [0.25, 0.3) is 0 Å². The van der Waals surface area contributed by atoms with Gasteiger partial charge in [0.25, 0.3) is 5.69 Å². The van der Waals surface area contributed by atoms with Crippen LogP contribution in [0.5, 0.6) is 0 Å². The molecule has 0 saturated heterocycles. The maximum atomic E-state index is 10.8. The van der Waals surface area contributed by atoms with E-state index in [-0.39, 0.29) is 22.6 Å². The van der Waals surface area contributed by atoms with Crippen molar-refractivity contribution in [2.75, 3.05) is 0 Å². The summed E-state index contributed by atoms with van der Waals surface area (Å²) >= 11 is 0. The van der Waals surface area contributed by atoms with Crippen LogP contribution < -0.4 is 0 Å². The number of non-ortho nitro benzene ring substituents is 1. The Balaban J connectivity index is 2.03. The van der Waals surface area contributed by atoms with Gasteiger partial charge in [0.05, 0.1) is 11.0 Å². The minimum atomic E-state index is -0.360. The molecule has 1 fully saturated rings. The number of aliphatic hydroxyl groups is 1. The molecule has 0 aromatic heterocycles. The third kappa shape index (κ3) is 3.79. The molecular formula is C16H23NO3. The van der Waals surface area contributed by atoms with Gasteiger partial charge in [0.2, 0.25) is 0 Å². The van der Waals surface area contributed by atoms with E-state index >= 15 is 0 Å². The predicted octanol–water partition coefficient (Wildman–Crippen LogP) is 3.71. The Hall–Kier alpha value is -1.42. The average molecular weight is 277 g/mol. The zero-order valence-corrected chi connectivity index (χ0v) is 12.0. The molecule has 0 radical (unpaired) electrons. The standard InChI is InChI=1S/C16H23NO3/c1-2-4-12-7-8-16(18)14(9-12)10-13-5-3-6-15(11-13)17(19)20/h3,5-6,11-12,14,16,18H,2,4,7-10H2,1H3. The summed E-state index contributed by atoms with van der Waals surface area (Å²) in [7, 11) is 0. The molecule has 20 heavy (non-hydrogen) atoms. The minimum absolute atomic E-state index is 0.137. The number of benzene rings is 1. The Morgan fingerprint density at radius 1 is 1.40 bits per heavy atom. The predicted molar refractivity (Wildman–Crippen MR) is 78.5 cm³/mol. The third-order valence-electron chi connectivity index (χ3n) is 4.37. The molecule has 1 N–H and O–H groups in total. The van der Waals surface area contributed by atoms with Crippen molar-refractivity contribution < 1.29 is 10.0 Å². The zero-order chi connectivity index (χ0) is 14.5. The lowest BCUT2D eigenvalue weighted by molar-refractivity contribution is -0.384. The van der Waals surface area contributed by atoms with Crippen molar-refractivity contribution in [3.8, 4) is 0 Å². The molecule has 1 aliphatic rings. The van der Waals surface area contributed by atoms with Gasteiger partial charge in [-0.05, 0) is 43.1 Å². The minimum Gasteiger partial charge on any atom is -0.393 e. The van der Waals surface area contributed by atoms with E-state index in [1.54, 1.807) is 12.1 Å². The van der Waals surface area contributed by atoms with Gasteiger partial charge in [-0.2, -0.15) is 0 Å². The monoisotopic (exact) mass is 277 g/mol. The summed E-state index contributed by atoms with van der Waals surface area (Å²) in [6.45, 7) is 2.20. The molecular weight excluding hydrogens is 254 g/mol. The van der Waals surface area contributed by atoms with Crippen LogP contribution in [-0.2, 0) is 6.42 Å². The Morgan fingerprint density at radius 3 is 2.90 bits per heavy atom. The third-order valence-corrected chi connectivity index (χ3v) is 4.37.